The summed E-state index contributed by atoms with van der Waals surface area (Å²) < 4.78 is 16.7. The molecule has 2 aliphatic rings. The lowest BCUT2D eigenvalue weighted by molar-refractivity contribution is -0.0194. The Labute approximate surface area is 199 Å². The van der Waals surface area contributed by atoms with E-state index >= 15 is 0 Å². The lowest BCUT2D eigenvalue weighted by Gasteiger charge is -2.25. The van der Waals surface area contributed by atoms with Crippen molar-refractivity contribution < 1.29 is 14.6 Å². The Morgan fingerprint density at radius 2 is 1.94 bits per heavy atom. The van der Waals surface area contributed by atoms with E-state index in [2.05, 4.69) is 15.0 Å². The number of halogens is 2. The van der Waals surface area contributed by atoms with Crippen molar-refractivity contribution in [3.05, 3.63) is 52.7 Å². The average Bonchev–Trinajstić information content (AvgIpc) is 3.36. The third-order valence-electron chi connectivity index (χ3n) is 7.81. The van der Waals surface area contributed by atoms with E-state index in [1.165, 1.54) is 18.5 Å². The van der Waals surface area contributed by atoms with E-state index in [0.29, 0.717) is 35.2 Å². The Balaban J connectivity index is 1.30. The number of nitrogens with two attached hydrogens (primary N) is 2. The van der Waals surface area contributed by atoms with Gasteiger partial charge in [0.25, 0.3) is 0 Å². The Hall–Kier alpha value is -3.01. The van der Waals surface area contributed by atoms with Crippen molar-refractivity contribution in [1.82, 2.24) is 19.5 Å². The Morgan fingerprint density at radius 1 is 1.15 bits per heavy atom. The molecule has 34 heavy (non-hydrogen) atoms. The highest BCUT2D eigenvalue weighted by Crippen LogP contribution is 2.70. The molecule has 10 heteroatoms. The van der Waals surface area contributed by atoms with Crippen LogP contribution in [0.1, 0.15) is 30.1 Å². The zero-order chi connectivity index (χ0) is 23.9. The zero-order valence-electron chi connectivity index (χ0n) is 18.4. The first-order valence-corrected chi connectivity index (χ1v) is 11.6. The van der Waals surface area contributed by atoms with Crippen molar-refractivity contribution >= 4 is 45.2 Å². The van der Waals surface area contributed by atoms with Gasteiger partial charge in [-0.05, 0) is 61.9 Å². The van der Waals surface area contributed by atoms with Gasteiger partial charge in [0, 0.05) is 16.5 Å². The normalized spacial score (nSPS) is 28.0. The van der Waals surface area contributed by atoms with E-state index in [0.717, 1.165) is 23.1 Å². The third-order valence-corrected chi connectivity index (χ3v) is 8.11. The molecule has 0 radical (unpaired) electrons. The smallest absolute Gasteiger partial charge is 0.146 e. The average molecular weight is 483 g/mol. The molecule has 3 aromatic heterocycles. The van der Waals surface area contributed by atoms with Crippen molar-refractivity contribution in [2.45, 2.75) is 44.4 Å². The number of benzene rings is 1. The maximum Gasteiger partial charge on any atom is 0.146 e. The number of hydrogen-bond donors (Lipinski definition) is 4. The molecule has 1 aromatic carbocycles. The van der Waals surface area contributed by atoms with Gasteiger partial charge in [-0.3, -0.25) is 0 Å². The first-order valence-electron chi connectivity index (χ1n) is 11.2. The largest absolute Gasteiger partial charge is 0.390 e. The van der Waals surface area contributed by atoms with E-state index in [1.807, 2.05) is 17.6 Å². The number of hydrogen-bond acceptors (Lipinski definition) is 7. The predicted octanol–water partition coefficient (Wildman–Crippen LogP) is 3.16. The zero-order valence-corrected chi connectivity index (χ0v) is 19.2. The molecule has 0 saturated heterocycles. The van der Waals surface area contributed by atoms with Gasteiger partial charge in [-0.15, -0.1) is 0 Å². The van der Waals surface area contributed by atoms with Crippen LogP contribution in [0.15, 0.2) is 30.6 Å². The molecule has 2 fully saturated rings. The first kappa shape index (κ1) is 21.5. The Kier molecular flexibility index (Phi) is 4.58. The van der Waals surface area contributed by atoms with Crippen LogP contribution in [0, 0.1) is 24.1 Å². The number of pyridine rings is 1. The van der Waals surface area contributed by atoms with E-state index in [4.69, 9.17) is 23.1 Å². The van der Waals surface area contributed by atoms with Crippen LogP contribution in [0.3, 0.4) is 0 Å². The van der Waals surface area contributed by atoms with Gasteiger partial charge in [-0.2, -0.15) is 0 Å². The molecule has 5 atom stereocenters. The van der Waals surface area contributed by atoms with Gasteiger partial charge >= 0.3 is 0 Å². The highest BCUT2D eigenvalue weighted by Gasteiger charge is 2.70. The van der Waals surface area contributed by atoms with E-state index in [-0.39, 0.29) is 22.8 Å². The van der Waals surface area contributed by atoms with Gasteiger partial charge in [-0.1, -0.05) is 11.6 Å². The van der Waals surface area contributed by atoms with Crippen LogP contribution < -0.4 is 11.5 Å². The SMILES string of the molecule is Cc1cc2c(N)ncnc2n1[C@H]1[C@H](O)[C@H](O)[C@]2(CCc3cc(F)c4cc(Cl)c(N)nc4c3)C[C@H]12. The van der Waals surface area contributed by atoms with Gasteiger partial charge in [-0.25, -0.2) is 19.3 Å². The molecule has 0 spiro atoms. The molecule has 4 aromatic rings. The molecule has 0 bridgehead atoms. The van der Waals surface area contributed by atoms with Crippen LogP contribution in [0.4, 0.5) is 16.0 Å². The summed E-state index contributed by atoms with van der Waals surface area (Å²) in [7, 11) is 0. The third kappa shape index (κ3) is 2.93. The van der Waals surface area contributed by atoms with Gasteiger partial charge < -0.3 is 26.2 Å². The summed E-state index contributed by atoms with van der Waals surface area (Å²) in [6, 6.07) is 6.35. The number of anilines is 2. The van der Waals surface area contributed by atoms with E-state index < -0.39 is 23.4 Å². The van der Waals surface area contributed by atoms with Gasteiger partial charge in [0.1, 0.15) is 35.5 Å². The molecule has 3 heterocycles. The number of rotatable bonds is 4. The predicted molar refractivity (Wildman–Crippen MR) is 128 cm³/mol. The molecular weight excluding hydrogens is 459 g/mol. The molecule has 6 N–H and O–H groups in total. The van der Waals surface area contributed by atoms with Gasteiger partial charge in [0.15, 0.2) is 0 Å². The molecule has 0 unspecified atom stereocenters. The van der Waals surface area contributed by atoms with Crippen LogP contribution in [0.5, 0.6) is 0 Å². The first-order chi connectivity index (χ1) is 16.2. The monoisotopic (exact) mass is 482 g/mol. The summed E-state index contributed by atoms with van der Waals surface area (Å²) >= 11 is 5.99. The number of aromatic nitrogens is 4. The number of aryl methyl sites for hydroxylation is 2. The van der Waals surface area contributed by atoms with Gasteiger partial charge in [0.2, 0.25) is 0 Å². The van der Waals surface area contributed by atoms with Crippen LogP contribution in [0.25, 0.3) is 21.9 Å². The fourth-order valence-corrected chi connectivity index (χ4v) is 6.19. The summed E-state index contributed by atoms with van der Waals surface area (Å²) in [5, 5.41) is 23.4. The lowest BCUT2D eigenvalue weighted by Crippen LogP contribution is -2.34. The number of aliphatic hydroxyl groups excluding tert-OH is 2. The standard InChI is InChI=1S/C24H24ClFN6O2/c1-10-4-13-21(27)29-9-30-23(13)32(10)18-14-8-24(14,20(34)19(18)33)3-2-11-5-16(26)12-7-15(25)22(28)31-17(12)6-11/h4-7,9,14,18-20,33-34H,2-3,8H2,1H3,(H2,28,31)(H2,27,29,30)/t14-,18-,19+,20+,24-/m1/s1. The van der Waals surface area contributed by atoms with Crippen molar-refractivity contribution in [2.24, 2.45) is 11.3 Å². The lowest BCUT2D eigenvalue weighted by atomic mass is 9.91. The summed E-state index contributed by atoms with van der Waals surface area (Å²) in [4.78, 5) is 12.7. The van der Waals surface area contributed by atoms with Crippen molar-refractivity contribution in [2.75, 3.05) is 11.5 Å². The molecule has 0 amide bonds. The van der Waals surface area contributed by atoms with Gasteiger partial charge in [0.05, 0.1) is 28.1 Å². The minimum absolute atomic E-state index is 0.0702. The maximum atomic E-state index is 14.7. The molecule has 8 nitrogen and oxygen atoms in total. The number of nitrogens with zero attached hydrogens (tertiary/aromatic N) is 4. The summed E-state index contributed by atoms with van der Waals surface area (Å²) in [5.74, 6) is 0.197. The molecule has 2 saturated carbocycles. The molecule has 0 aliphatic heterocycles. The number of fused-ring (bicyclic) bond motifs is 3. The van der Waals surface area contributed by atoms with Crippen LogP contribution in [-0.4, -0.2) is 41.9 Å². The van der Waals surface area contributed by atoms with E-state index in [9.17, 15) is 14.6 Å². The summed E-state index contributed by atoms with van der Waals surface area (Å²) in [6.07, 6.45) is 1.48. The Bertz CT molecular complexity index is 1480. The second kappa shape index (κ2) is 7.24. The highest BCUT2D eigenvalue weighted by molar-refractivity contribution is 6.33. The number of nitrogen functional groups attached to an aromatic ring is 2. The molecular formula is C24H24ClFN6O2. The van der Waals surface area contributed by atoms with Crippen molar-refractivity contribution in [1.29, 1.82) is 0 Å². The van der Waals surface area contributed by atoms with Crippen LogP contribution >= 0.6 is 11.6 Å². The second-order valence-electron chi connectivity index (χ2n) is 9.62. The Morgan fingerprint density at radius 3 is 2.74 bits per heavy atom. The second-order valence-corrected chi connectivity index (χ2v) is 10.0. The molecule has 176 valence electrons. The number of aliphatic hydroxyl groups is 2. The maximum absolute atomic E-state index is 14.7. The molecule has 2 aliphatic carbocycles. The summed E-state index contributed by atoms with van der Waals surface area (Å²) in [5.41, 5.74) is 14.1. The van der Waals surface area contributed by atoms with Crippen molar-refractivity contribution in [3.8, 4) is 0 Å². The highest BCUT2D eigenvalue weighted by atomic mass is 35.5. The van der Waals surface area contributed by atoms with Crippen molar-refractivity contribution in [3.63, 3.8) is 0 Å². The fraction of sp³-hybridized carbons (Fsp3) is 0.375. The molecule has 6 rings (SSSR count). The van der Waals surface area contributed by atoms with Crippen LogP contribution in [-0.2, 0) is 6.42 Å². The van der Waals surface area contributed by atoms with E-state index in [1.54, 1.807) is 6.07 Å². The fourth-order valence-electron chi connectivity index (χ4n) is 6.03. The topological polar surface area (TPSA) is 136 Å². The quantitative estimate of drug-likeness (QED) is 0.350. The minimum atomic E-state index is -0.943. The van der Waals surface area contributed by atoms with Crippen LogP contribution in [0.2, 0.25) is 5.02 Å². The summed E-state index contributed by atoms with van der Waals surface area (Å²) in [6.45, 7) is 1.94. The minimum Gasteiger partial charge on any atom is -0.390 e.